The first kappa shape index (κ1) is 21.1. The molecule has 1 saturated carbocycles. The molecule has 1 amide bonds. The third kappa shape index (κ3) is 5.67. The van der Waals surface area contributed by atoms with Gasteiger partial charge < -0.3 is 4.74 Å². The van der Waals surface area contributed by atoms with E-state index in [4.69, 9.17) is 16.3 Å². The van der Waals surface area contributed by atoms with Crippen molar-refractivity contribution in [3.05, 3.63) is 46.0 Å². The first-order valence-corrected chi connectivity index (χ1v) is 11.3. The number of hydrogen-bond donors (Lipinski definition) is 1. The standard InChI is InChI=1S/C21H27ClN2O3S/c1-2-27-20(25)12-18-13-28-14-24(18)23-21(26)19(11-15-5-3-4-6-15)16-7-9-17(22)10-8-16/h7-10,13,15,19H,2-6,11-12,14H2,1H3,(H,23,26). The number of hydrogen-bond acceptors (Lipinski definition) is 5. The highest BCUT2D eigenvalue weighted by Crippen LogP contribution is 2.35. The molecular formula is C21H27ClN2O3S. The SMILES string of the molecule is CCOC(=O)CC1=CSCN1NC(=O)C(CC1CCCC1)c1ccc(Cl)cc1. The summed E-state index contributed by atoms with van der Waals surface area (Å²) in [5.74, 6) is 0.628. The van der Waals surface area contributed by atoms with Crippen LogP contribution >= 0.6 is 23.4 Å². The number of benzene rings is 1. The second-order valence-electron chi connectivity index (χ2n) is 7.28. The minimum atomic E-state index is -0.282. The Hall–Kier alpha value is -1.66. The number of carbonyl (C=O) groups excluding carboxylic acids is 2. The van der Waals surface area contributed by atoms with Crippen molar-refractivity contribution in [2.45, 2.75) is 51.4 Å². The van der Waals surface area contributed by atoms with Crippen LogP contribution in [0, 0.1) is 5.92 Å². The highest BCUT2D eigenvalue weighted by molar-refractivity contribution is 8.02. The zero-order chi connectivity index (χ0) is 19.9. The van der Waals surface area contributed by atoms with Gasteiger partial charge in [-0.1, -0.05) is 49.4 Å². The summed E-state index contributed by atoms with van der Waals surface area (Å²) < 4.78 is 5.03. The molecule has 1 aliphatic heterocycles. The molecule has 0 saturated heterocycles. The molecule has 1 fully saturated rings. The Bertz CT molecular complexity index is 717. The number of amides is 1. The minimum absolute atomic E-state index is 0.0357. The Morgan fingerprint density at radius 1 is 1.29 bits per heavy atom. The Morgan fingerprint density at radius 2 is 2.00 bits per heavy atom. The van der Waals surface area contributed by atoms with Gasteiger partial charge in [0.05, 0.1) is 30.5 Å². The Morgan fingerprint density at radius 3 is 2.68 bits per heavy atom. The molecule has 7 heteroatoms. The van der Waals surface area contributed by atoms with Gasteiger partial charge in [-0.05, 0) is 42.4 Å². The fourth-order valence-electron chi connectivity index (χ4n) is 3.84. The van der Waals surface area contributed by atoms with Crippen molar-refractivity contribution in [1.29, 1.82) is 0 Å². The van der Waals surface area contributed by atoms with Crippen LogP contribution in [0.5, 0.6) is 0 Å². The van der Waals surface area contributed by atoms with Crippen LogP contribution < -0.4 is 5.43 Å². The smallest absolute Gasteiger partial charge is 0.311 e. The lowest BCUT2D eigenvalue weighted by Crippen LogP contribution is -2.43. The summed E-state index contributed by atoms with van der Waals surface area (Å²) in [5, 5.41) is 4.34. The van der Waals surface area contributed by atoms with Crippen molar-refractivity contribution in [3.63, 3.8) is 0 Å². The molecule has 28 heavy (non-hydrogen) atoms. The van der Waals surface area contributed by atoms with E-state index in [9.17, 15) is 9.59 Å². The number of carbonyl (C=O) groups is 2. The summed E-state index contributed by atoms with van der Waals surface area (Å²) in [6, 6.07) is 7.55. The molecule has 5 nitrogen and oxygen atoms in total. The lowest BCUT2D eigenvalue weighted by molar-refractivity contribution is -0.143. The van der Waals surface area contributed by atoms with Crippen molar-refractivity contribution in [3.8, 4) is 0 Å². The van der Waals surface area contributed by atoms with Crippen molar-refractivity contribution < 1.29 is 14.3 Å². The fraction of sp³-hybridized carbons (Fsp3) is 0.524. The fourth-order valence-corrected chi connectivity index (χ4v) is 4.82. The third-order valence-electron chi connectivity index (χ3n) is 5.28. The van der Waals surface area contributed by atoms with Crippen molar-refractivity contribution in [2.75, 3.05) is 12.5 Å². The van der Waals surface area contributed by atoms with Gasteiger partial charge in [0, 0.05) is 5.02 Å². The molecule has 1 N–H and O–H groups in total. The molecule has 2 aliphatic rings. The topological polar surface area (TPSA) is 58.6 Å². The maximum Gasteiger partial charge on any atom is 0.311 e. The molecule has 0 spiro atoms. The molecule has 1 aromatic carbocycles. The third-order valence-corrected chi connectivity index (χ3v) is 6.38. The number of rotatable bonds is 8. The number of nitrogens with one attached hydrogen (secondary N) is 1. The van der Waals surface area contributed by atoms with Gasteiger partial charge in [0.2, 0.25) is 5.91 Å². The zero-order valence-corrected chi connectivity index (χ0v) is 17.7. The second kappa shape index (κ2) is 10.2. The predicted octanol–water partition coefficient (Wildman–Crippen LogP) is 4.84. The summed E-state index contributed by atoms with van der Waals surface area (Å²) in [7, 11) is 0. The first-order valence-electron chi connectivity index (χ1n) is 9.86. The quantitative estimate of drug-likeness (QED) is 0.607. The van der Waals surface area contributed by atoms with E-state index < -0.39 is 0 Å². The summed E-state index contributed by atoms with van der Waals surface area (Å²) in [6.45, 7) is 2.14. The average molecular weight is 423 g/mol. The number of hydrazine groups is 1. The molecule has 1 atom stereocenters. The molecule has 0 bridgehead atoms. The van der Waals surface area contributed by atoms with Gasteiger partial charge in [-0.25, -0.2) is 0 Å². The number of thioether (sulfide) groups is 1. The number of nitrogens with zero attached hydrogens (tertiary/aromatic N) is 1. The van der Waals surface area contributed by atoms with Crippen molar-refractivity contribution >= 4 is 35.2 Å². The van der Waals surface area contributed by atoms with Gasteiger partial charge in [-0.15, -0.1) is 11.8 Å². The number of esters is 1. The Kier molecular flexibility index (Phi) is 7.68. The van der Waals surface area contributed by atoms with Crippen LogP contribution in [0.1, 0.15) is 56.9 Å². The van der Waals surface area contributed by atoms with Crippen LogP contribution in [-0.2, 0) is 14.3 Å². The average Bonchev–Trinajstić information content (AvgIpc) is 3.33. The van der Waals surface area contributed by atoms with Crippen LogP contribution in [-0.4, -0.2) is 29.4 Å². The Balaban J connectivity index is 1.68. The van der Waals surface area contributed by atoms with E-state index in [2.05, 4.69) is 5.43 Å². The zero-order valence-electron chi connectivity index (χ0n) is 16.2. The van der Waals surface area contributed by atoms with Crippen molar-refractivity contribution in [2.24, 2.45) is 5.92 Å². The minimum Gasteiger partial charge on any atom is -0.466 e. The summed E-state index contributed by atoms with van der Waals surface area (Å²) in [6.07, 6.45) is 5.86. The normalized spacial score (nSPS) is 18.1. The van der Waals surface area contributed by atoms with E-state index in [1.807, 2.05) is 29.7 Å². The van der Waals surface area contributed by atoms with Gasteiger partial charge in [-0.2, -0.15) is 0 Å². The number of halogens is 1. The molecule has 1 heterocycles. The molecule has 1 unspecified atom stereocenters. The van der Waals surface area contributed by atoms with E-state index in [1.54, 1.807) is 23.7 Å². The molecule has 1 aliphatic carbocycles. The van der Waals surface area contributed by atoms with Gasteiger partial charge in [0.1, 0.15) is 0 Å². The van der Waals surface area contributed by atoms with E-state index in [1.165, 1.54) is 25.7 Å². The monoisotopic (exact) mass is 422 g/mol. The molecule has 1 aromatic rings. The molecular weight excluding hydrogens is 396 g/mol. The van der Waals surface area contributed by atoms with Crippen LogP contribution in [0.15, 0.2) is 35.4 Å². The lowest BCUT2D eigenvalue weighted by Gasteiger charge is -2.27. The lowest BCUT2D eigenvalue weighted by atomic mass is 9.87. The molecule has 152 valence electrons. The van der Waals surface area contributed by atoms with E-state index in [0.717, 1.165) is 17.7 Å². The molecule has 3 rings (SSSR count). The highest BCUT2D eigenvalue weighted by Gasteiger charge is 2.29. The first-order chi connectivity index (χ1) is 13.6. The Labute approximate surface area is 175 Å². The van der Waals surface area contributed by atoms with Gasteiger partial charge >= 0.3 is 5.97 Å². The van der Waals surface area contributed by atoms with Crippen LogP contribution in [0.25, 0.3) is 0 Å². The van der Waals surface area contributed by atoms with Gasteiger partial charge in [0.15, 0.2) is 0 Å². The van der Waals surface area contributed by atoms with Crippen LogP contribution in [0.2, 0.25) is 5.02 Å². The summed E-state index contributed by atoms with van der Waals surface area (Å²) in [4.78, 5) is 25.0. The summed E-state index contributed by atoms with van der Waals surface area (Å²) >= 11 is 7.59. The second-order valence-corrected chi connectivity index (χ2v) is 8.54. The maximum absolute atomic E-state index is 13.2. The van der Waals surface area contributed by atoms with Gasteiger partial charge in [-0.3, -0.25) is 20.0 Å². The largest absolute Gasteiger partial charge is 0.466 e. The van der Waals surface area contributed by atoms with Crippen molar-refractivity contribution in [1.82, 2.24) is 10.4 Å². The number of ether oxygens (including phenoxy) is 1. The summed E-state index contributed by atoms with van der Waals surface area (Å²) in [5.41, 5.74) is 4.78. The highest BCUT2D eigenvalue weighted by atomic mass is 35.5. The predicted molar refractivity (Wildman–Crippen MR) is 113 cm³/mol. The molecule has 0 radical (unpaired) electrons. The van der Waals surface area contributed by atoms with E-state index in [-0.39, 0.29) is 24.2 Å². The van der Waals surface area contributed by atoms with E-state index >= 15 is 0 Å². The van der Waals surface area contributed by atoms with Crippen LogP contribution in [0.3, 0.4) is 0 Å². The maximum atomic E-state index is 13.2. The van der Waals surface area contributed by atoms with Crippen LogP contribution in [0.4, 0.5) is 0 Å². The van der Waals surface area contributed by atoms with E-state index in [0.29, 0.717) is 23.4 Å². The molecule has 0 aromatic heterocycles. The van der Waals surface area contributed by atoms with Gasteiger partial charge in [0.25, 0.3) is 0 Å².